The monoisotopic (exact) mass is 303 g/mol. The number of anilines is 1. The van der Waals surface area contributed by atoms with Gasteiger partial charge in [-0.3, -0.25) is 4.79 Å². The Balaban J connectivity index is 1.72. The number of amides is 1. The van der Waals surface area contributed by atoms with Crippen LogP contribution in [0.4, 0.5) is 5.69 Å². The van der Waals surface area contributed by atoms with Crippen LogP contribution in [0.5, 0.6) is 0 Å². The lowest BCUT2D eigenvalue weighted by Crippen LogP contribution is -2.15. The van der Waals surface area contributed by atoms with E-state index in [4.69, 9.17) is 4.74 Å². The Labute approximate surface area is 134 Å². The standard InChI is InChI=1S/C20H17NO2/c22-20(21-17-8-2-1-3-9-17)19-12-15-7-5-4-6-14(15)10-16(19)11-18-13-23-18/h1-10,12,18H,11,13H2,(H,21,22). The Morgan fingerprint density at radius 1 is 1.00 bits per heavy atom. The molecule has 1 amide bonds. The Morgan fingerprint density at radius 3 is 2.35 bits per heavy atom. The van der Waals surface area contributed by atoms with Crippen LogP contribution in [0.2, 0.25) is 0 Å². The van der Waals surface area contributed by atoms with Gasteiger partial charge in [0.15, 0.2) is 0 Å². The predicted molar refractivity (Wildman–Crippen MR) is 91.8 cm³/mol. The van der Waals surface area contributed by atoms with Gasteiger partial charge in [-0.05, 0) is 34.5 Å². The van der Waals surface area contributed by atoms with Crippen molar-refractivity contribution < 1.29 is 9.53 Å². The maximum atomic E-state index is 12.7. The van der Waals surface area contributed by atoms with Gasteiger partial charge in [-0.2, -0.15) is 0 Å². The number of fused-ring (bicyclic) bond motifs is 1. The zero-order valence-corrected chi connectivity index (χ0v) is 12.7. The van der Waals surface area contributed by atoms with E-state index in [0.29, 0.717) is 0 Å². The van der Waals surface area contributed by atoms with Gasteiger partial charge in [0.2, 0.25) is 0 Å². The molecule has 114 valence electrons. The van der Waals surface area contributed by atoms with Crippen molar-refractivity contribution in [2.24, 2.45) is 0 Å². The van der Waals surface area contributed by atoms with E-state index in [2.05, 4.69) is 17.4 Å². The van der Waals surface area contributed by atoms with E-state index >= 15 is 0 Å². The van der Waals surface area contributed by atoms with Crippen LogP contribution in [0.15, 0.2) is 66.7 Å². The zero-order chi connectivity index (χ0) is 15.6. The van der Waals surface area contributed by atoms with Gasteiger partial charge in [-0.1, -0.05) is 48.5 Å². The van der Waals surface area contributed by atoms with E-state index in [-0.39, 0.29) is 12.0 Å². The first-order chi connectivity index (χ1) is 11.3. The number of rotatable bonds is 4. The first-order valence-corrected chi connectivity index (χ1v) is 7.79. The fourth-order valence-electron chi connectivity index (χ4n) is 2.82. The highest BCUT2D eigenvalue weighted by molar-refractivity contribution is 6.07. The van der Waals surface area contributed by atoms with Crippen LogP contribution in [-0.2, 0) is 11.2 Å². The number of carbonyl (C=O) groups excluding carboxylic acids is 1. The van der Waals surface area contributed by atoms with Gasteiger partial charge in [-0.15, -0.1) is 0 Å². The fourth-order valence-corrected chi connectivity index (χ4v) is 2.82. The van der Waals surface area contributed by atoms with Crippen molar-refractivity contribution in [2.45, 2.75) is 12.5 Å². The van der Waals surface area contributed by atoms with E-state index in [9.17, 15) is 4.79 Å². The summed E-state index contributed by atoms with van der Waals surface area (Å²) in [6, 6.07) is 21.7. The summed E-state index contributed by atoms with van der Waals surface area (Å²) >= 11 is 0. The summed E-state index contributed by atoms with van der Waals surface area (Å²) < 4.78 is 5.35. The summed E-state index contributed by atoms with van der Waals surface area (Å²) in [5, 5.41) is 5.20. The highest BCUT2D eigenvalue weighted by atomic mass is 16.6. The predicted octanol–water partition coefficient (Wildman–Crippen LogP) is 4.03. The first kappa shape index (κ1) is 14.0. The van der Waals surface area contributed by atoms with Crippen molar-refractivity contribution in [1.82, 2.24) is 0 Å². The lowest BCUT2D eigenvalue weighted by molar-refractivity contribution is 0.102. The summed E-state index contributed by atoms with van der Waals surface area (Å²) in [6.45, 7) is 0.784. The van der Waals surface area contributed by atoms with E-state index in [1.165, 1.54) is 0 Å². The van der Waals surface area contributed by atoms with Crippen LogP contribution < -0.4 is 5.32 Å². The maximum absolute atomic E-state index is 12.7. The van der Waals surface area contributed by atoms with Crippen molar-refractivity contribution in [3.05, 3.63) is 77.9 Å². The largest absolute Gasteiger partial charge is 0.373 e. The SMILES string of the molecule is O=C(Nc1ccccc1)c1cc2ccccc2cc1CC1CO1. The van der Waals surface area contributed by atoms with Crippen molar-refractivity contribution in [2.75, 3.05) is 11.9 Å². The molecule has 3 aromatic rings. The van der Waals surface area contributed by atoms with Crippen molar-refractivity contribution >= 4 is 22.4 Å². The molecule has 23 heavy (non-hydrogen) atoms. The van der Waals surface area contributed by atoms with E-state index in [1.807, 2.05) is 54.6 Å². The number of ether oxygens (including phenoxy) is 1. The lowest BCUT2D eigenvalue weighted by Gasteiger charge is -2.11. The number of hydrogen-bond donors (Lipinski definition) is 1. The minimum atomic E-state index is -0.0717. The molecule has 4 rings (SSSR count). The second-order valence-corrected chi connectivity index (χ2v) is 5.84. The molecule has 0 aromatic heterocycles. The highest BCUT2D eigenvalue weighted by Crippen LogP contribution is 2.25. The molecule has 1 fully saturated rings. The van der Waals surface area contributed by atoms with Crippen LogP contribution in [0.25, 0.3) is 10.8 Å². The average molecular weight is 303 g/mol. The second kappa shape index (κ2) is 5.86. The molecule has 1 N–H and O–H groups in total. The van der Waals surface area contributed by atoms with Crippen LogP contribution in [0.3, 0.4) is 0 Å². The molecule has 3 aromatic carbocycles. The molecule has 0 radical (unpaired) electrons. The molecule has 1 heterocycles. The third-order valence-electron chi connectivity index (χ3n) is 4.10. The molecule has 0 aliphatic carbocycles. The Hall–Kier alpha value is -2.65. The van der Waals surface area contributed by atoms with Gasteiger partial charge in [0.1, 0.15) is 0 Å². The van der Waals surface area contributed by atoms with Gasteiger partial charge in [0.05, 0.1) is 12.7 Å². The fraction of sp³-hybridized carbons (Fsp3) is 0.150. The minimum absolute atomic E-state index is 0.0717. The molecule has 3 nitrogen and oxygen atoms in total. The molecule has 1 saturated heterocycles. The van der Waals surface area contributed by atoms with Crippen LogP contribution in [-0.4, -0.2) is 18.6 Å². The first-order valence-electron chi connectivity index (χ1n) is 7.79. The summed E-state index contributed by atoms with van der Waals surface area (Å²) in [5.41, 5.74) is 2.57. The van der Waals surface area contributed by atoms with E-state index < -0.39 is 0 Å². The number of hydrogen-bond acceptors (Lipinski definition) is 2. The quantitative estimate of drug-likeness (QED) is 0.739. The number of carbonyl (C=O) groups is 1. The second-order valence-electron chi connectivity index (χ2n) is 5.84. The van der Waals surface area contributed by atoms with Gasteiger partial charge < -0.3 is 10.1 Å². The summed E-state index contributed by atoms with van der Waals surface area (Å²) in [6.07, 6.45) is 1.03. The van der Waals surface area contributed by atoms with Crippen molar-refractivity contribution in [3.8, 4) is 0 Å². The van der Waals surface area contributed by atoms with Crippen LogP contribution >= 0.6 is 0 Å². The number of epoxide rings is 1. The van der Waals surface area contributed by atoms with Gasteiger partial charge in [0.25, 0.3) is 5.91 Å². The van der Waals surface area contributed by atoms with E-state index in [1.54, 1.807) is 0 Å². The van der Waals surface area contributed by atoms with Crippen molar-refractivity contribution in [3.63, 3.8) is 0 Å². The molecule has 1 atom stereocenters. The molecule has 0 saturated carbocycles. The molecule has 0 spiro atoms. The Kier molecular flexibility index (Phi) is 3.56. The molecular formula is C20H17NO2. The van der Waals surface area contributed by atoms with Gasteiger partial charge >= 0.3 is 0 Å². The molecule has 3 heteroatoms. The zero-order valence-electron chi connectivity index (χ0n) is 12.7. The molecule has 1 aliphatic rings. The van der Waals surface area contributed by atoms with E-state index in [0.717, 1.165) is 40.6 Å². The third kappa shape index (κ3) is 3.10. The lowest BCUT2D eigenvalue weighted by atomic mass is 9.97. The molecule has 1 aliphatic heterocycles. The summed E-state index contributed by atoms with van der Waals surface area (Å²) in [4.78, 5) is 12.7. The average Bonchev–Trinajstić information content (AvgIpc) is 3.39. The smallest absolute Gasteiger partial charge is 0.255 e. The maximum Gasteiger partial charge on any atom is 0.255 e. The van der Waals surface area contributed by atoms with Gasteiger partial charge in [-0.25, -0.2) is 0 Å². The highest BCUT2D eigenvalue weighted by Gasteiger charge is 2.25. The Morgan fingerprint density at radius 2 is 1.65 bits per heavy atom. The van der Waals surface area contributed by atoms with Crippen LogP contribution in [0, 0.1) is 0 Å². The molecular weight excluding hydrogens is 286 g/mol. The van der Waals surface area contributed by atoms with Gasteiger partial charge in [0, 0.05) is 17.7 Å². The minimum Gasteiger partial charge on any atom is -0.373 e. The normalized spacial score (nSPS) is 16.3. The summed E-state index contributed by atoms with van der Waals surface area (Å²) in [5.74, 6) is -0.0717. The number of nitrogens with one attached hydrogen (secondary N) is 1. The topological polar surface area (TPSA) is 41.6 Å². The number of benzene rings is 3. The molecule has 0 bridgehead atoms. The van der Waals surface area contributed by atoms with Crippen molar-refractivity contribution in [1.29, 1.82) is 0 Å². The molecule has 1 unspecified atom stereocenters. The third-order valence-corrected chi connectivity index (χ3v) is 4.10. The summed E-state index contributed by atoms with van der Waals surface area (Å²) in [7, 11) is 0. The van der Waals surface area contributed by atoms with Crippen LogP contribution in [0.1, 0.15) is 15.9 Å². The Bertz CT molecular complexity index is 854. The number of para-hydroxylation sites is 1.